The Morgan fingerprint density at radius 1 is 1.41 bits per heavy atom. The first-order valence-corrected chi connectivity index (χ1v) is 9.60. The van der Waals surface area contributed by atoms with Crippen molar-refractivity contribution in [3.8, 4) is 0 Å². The molecule has 0 aromatic heterocycles. The Morgan fingerprint density at radius 2 is 2.18 bits per heavy atom. The average molecular weight is 350 g/mol. The second-order valence-corrected chi connectivity index (χ2v) is 8.19. The Kier molecular flexibility index (Phi) is 6.20. The lowest BCUT2D eigenvalue weighted by atomic mass is 10.1. The molecule has 124 valence electrons. The number of morpholine rings is 1. The summed E-state index contributed by atoms with van der Waals surface area (Å²) in [6, 6.07) is 4.25. The van der Waals surface area contributed by atoms with Crippen LogP contribution in [0.3, 0.4) is 0 Å². The summed E-state index contributed by atoms with van der Waals surface area (Å²) in [4.78, 5) is 2.06. The van der Waals surface area contributed by atoms with E-state index in [1.807, 2.05) is 6.92 Å². The Hall–Kier alpha value is -0.690. The van der Waals surface area contributed by atoms with E-state index in [2.05, 4.69) is 4.90 Å². The van der Waals surface area contributed by atoms with Crippen LogP contribution in [0.15, 0.2) is 18.2 Å². The maximum Gasteiger partial charge on any atom is 0.151 e. The Balaban J connectivity index is 1.97. The second kappa shape index (κ2) is 7.73. The van der Waals surface area contributed by atoms with Crippen LogP contribution < -0.4 is 0 Å². The van der Waals surface area contributed by atoms with E-state index < -0.39 is 9.84 Å². The van der Waals surface area contributed by atoms with Gasteiger partial charge in [0.05, 0.1) is 18.5 Å². The number of ether oxygens (including phenoxy) is 1. The fraction of sp³-hybridized carbons (Fsp3) is 0.600. The number of hydrogen-bond acceptors (Lipinski definition) is 4. The van der Waals surface area contributed by atoms with Crippen molar-refractivity contribution in [1.82, 2.24) is 4.90 Å². The summed E-state index contributed by atoms with van der Waals surface area (Å²) in [7, 11) is -2.99. The number of rotatable bonds is 6. The molecule has 7 heteroatoms. The van der Waals surface area contributed by atoms with Gasteiger partial charge in [0.1, 0.15) is 5.82 Å². The number of hydrogen-bond donors (Lipinski definition) is 0. The lowest BCUT2D eigenvalue weighted by Crippen LogP contribution is -2.41. The Labute approximate surface area is 136 Å². The van der Waals surface area contributed by atoms with E-state index in [4.69, 9.17) is 16.3 Å². The molecule has 1 fully saturated rings. The van der Waals surface area contributed by atoms with E-state index in [-0.39, 0.29) is 23.4 Å². The fourth-order valence-corrected chi connectivity index (χ4v) is 4.19. The van der Waals surface area contributed by atoms with Crippen molar-refractivity contribution in [1.29, 1.82) is 0 Å². The van der Waals surface area contributed by atoms with E-state index in [1.54, 1.807) is 6.07 Å². The summed E-state index contributed by atoms with van der Waals surface area (Å²) in [6.45, 7) is 4.11. The molecule has 0 N–H and O–H groups in total. The third kappa shape index (κ3) is 4.91. The van der Waals surface area contributed by atoms with Crippen molar-refractivity contribution in [2.24, 2.45) is 0 Å². The predicted octanol–water partition coefficient (Wildman–Crippen LogP) is 2.68. The molecule has 0 unspecified atom stereocenters. The van der Waals surface area contributed by atoms with Crippen molar-refractivity contribution in [3.05, 3.63) is 34.6 Å². The van der Waals surface area contributed by atoms with Gasteiger partial charge < -0.3 is 4.74 Å². The molecule has 1 atom stereocenters. The first-order valence-electron chi connectivity index (χ1n) is 7.40. The SMILES string of the molecule is CCCS(=O)(=O)CCN1CCO[C@@H](c2ccc(F)cc2Cl)C1. The standard InChI is InChI=1S/C15H21ClFNO3S/c1-2-8-22(19,20)9-6-18-5-7-21-15(11-18)13-4-3-12(17)10-14(13)16/h3-4,10,15H,2,5-9,11H2,1H3/t15-/m1/s1. The molecule has 1 saturated heterocycles. The summed E-state index contributed by atoms with van der Waals surface area (Å²) in [5, 5.41) is 0.338. The highest BCUT2D eigenvalue weighted by atomic mass is 35.5. The number of nitrogens with zero attached hydrogens (tertiary/aromatic N) is 1. The van der Waals surface area contributed by atoms with Crippen LogP contribution in [0.25, 0.3) is 0 Å². The molecule has 0 radical (unpaired) electrons. The molecule has 0 saturated carbocycles. The quantitative estimate of drug-likeness (QED) is 0.792. The van der Waals surface area contributed by atoms with E-state index in [0.717, 1.165) is 5.56 Å². The Morgan fingerprint density at radius 3 is 2.86 bits per heavy atom. The molecule has 2 rings (SSSR count). The molecular weight excluding hydrogens is 329 g/mol. The molecule has 1 aromatic carbocycles. The normalized spacial score (nSPS) is 20.2. The number of benzene rings is 1. The van der Waals surface area contributed by atoms with Crippen LogP contribution in [-0.4, -0.2) is 51.1 Å². The van der Waals surface area contributed by atoms with Gasteiger partial charge in [-0.3, -0.25) is 4.90 Å². The largest absolute Gasteiger partial charge is 0.371 e. The van der Waals surface area contributed by atoms with Crippen LogP contribution in [0, 0.1) is 5.82 Å². The predicted molar refractivity (Wildman–Crippen MR) is 85.5 cm³/mol. The maximum atomic E-state index is 13.1. The van der Waals surface area contributed by atoms with E-state index in [0.29, 0.717) is 37.7 Å². The molecule has 22 heavy (non-hydrogen) atoms. The second-order valence-electron chi connectivity index (χ2n) is 5.48. The lowest BCUT2D eigenvalue weighted by molar-refractivity contribution is -0.0278. The first kappa shape index (κ1) is 17.7. The first-order chi connectivity index (χ1) is 10.4. The lowest BCUT2D eigenvalue weighted by Gasteiger charge is -2.33. The Bertz CT molecular complexity index is 609. The van der Waals surface area contributed by atoms with Gasteiger partial charge in [-0.25, -0.2) is 12.8 Å². The van der Waals surface area contributed by atoms with Crippen LogP contribution in [0.5, 0.6) is 0 Å². The zero-order valence-corrected chi connectivity index (χ0v) is 14.2. The van der Waals surface area contributed by atoms with Crippen LogP contribution in [-0.2, 0) is 14.6 Å². The van der Waals surface area contributed by atoms with Gasteiger partial charge in [0, 0.05) is 36.0 Å². The minimum absolute atomic E-state index is 0.157. The van der Waals surface area contributed by atoms with Crippen molar-refractivity contribution >= 4 is 21.4 Å². The van der Waals surface area contributed by atoms with Crippen molar-refractivity contribution < 1.29 is 17.5 Å². The van der Waals surface area contributed by atoms with Crippen LogP contribution in [0.4, 0.5) is 4.39 Å². The highest BCUT2D eigenvalue weighted by molar-refractivity contribution is 7.91. The average Bonchev–Trinajstić information content (AvgIpc) is 2.45. The molecule has 0 spiro atoms. The molecule has 1 aliphatic rings. The minimum atomic E-state index is -2.99. The monoisotopic (exact) mass is 349 g/mol. The molecule has 1 heterocycles. The number of sulfone groups is 1. The van der Waals surface area contributed by atoms with Gasteiger partial charge in [0.25, 0.3) is 0 Å². The van der Waals surface area contributed by atoms with Gasteiger partial charge >= 0.3 is 0 Å². The summed E-state index contributed by atoms with van der Waals surface area (Å²) in [5.74, 6) is 0.00186. The summed E-state index contributed by atoms with van der Waals surface area (Å²) >= 11 is 6.07. The minimum Gasteiger partial charge on any atom is -0.371 e. The molecule has 4 nitrogen and oxygen atoms in total. The zero-order valence-electron chi connectivity index (χ0n) is 12.6. The highest BCUT2D eigenvalue weighted by Crippen LogP contribution is 2.29. The van der Waals surface area contributed by atoms with Gasteiger partial charge in [0.2, 0.25) is 0 Å². The third-order valence-electron chi connectivity index (χ3n) is 3.69. The van der Waals surface area contributed by atoms with Crippen molar-refractivity contribution in [2.75, 3.05) is 37.7 Å². The van der Waals surface area contributed by atoms with Crippen LogP contribution in [0.1, 0.15) is 25.0 Å². The fourth-order valence-electron chi connectivity index (χ4n) is 2.54. The maximum absolute atomic E-state index is 13.1. The van der Waals surface area contributed by atoms with Crippen LogP contribution >= 0.6 is 11.6 Å². The van der Waals surface area contributed by atoms with Gasteiger partial charge in [0.15, 0.2) is 9.84 Å². The summed E-state index contributed by atoms with van der Waals surface area (Å²) in [5.41, 5.74) is 0.740. The molecular formula is C15H21ClFNO3S. The van der Waals surface area contributed by atoms with Gasteiger partial charge in [-0.1, -0.05) is 24.6 Å². The van der Waals surface area contributed by atoms with E-state index >= 15 is 0 Å². The van der Waals surface area contributed by atoms with Gasteiger partial charge in [-0.2, -0.15) is 0 Å². The number of halogens is 2. The molecule has 0 amide bonds. The van der Waals surface area contributed by atoms with Gasteiger partial charge in [-0.15, -0.1) is 0 Å². The van der Waals surface area contributed by atoms with Crippen molar-refractivity contribution in [2.45, 2.75) is 19.4 Å². The summed E-state index contributed by atoms with van der Waals surface area (Å²) in [6.07, 6.45) is 0.384. The third-order valence-corrected chi connectivity index (χ3v) is 5.86. The van der Waals surface area contributed by atoms with E-state index in [9.17, 15) is 12.8 Å². The zero-order chi connectivity index (χ0) is 16.2. The molecule has 0 bridgehead atoms. The summed E-state index contributed by atoms with van der Waals surface area (Å²) < 4.78 is 42.4. The van der Waals surface area contributed by atoms with Crippen molar-refractivity contribution in [3.63, 3.8) is 0 Å². The van der Waals surface area contributed by atoms with Gasteiger partial charge in [-0.05, 0) is 18.6 Å². The van der Waals surface area contributed by atoms with E-state index in [1.165, 1.54) is 12.1 Å². The molecule has 1 aromatic rings. The molecule has 0 aliphatic carbocycles. The topological polar surface area (TPSA) is 46.6 Å². The highest BCUT2D eigenvalue weighted by Gasteiger charge is 2.24. The smallest absolute Gasteiger partial charge is 0.151 e. The van der Waals surface area contributed by atoms with Crippen LogP contribution in [0.2, 0.25) is 5.02 Å². The molecule has 1 aliphatic heterocycles.